The third-order valence-electron chi connectivity index (χ3n) is 3.58. The van der Waals surface area contributed by atoms with Crippen LogP contribution < -0.4 is 4.74 Å². The Hall–Kier alpha value is -1.54. The largest absolute Gasteiger partial charge is 0.497 e. The average Bonchev–Trinajstić information content (AvgIpc) is 2.56. The van der Waals surface area contributed by atoms with E-state index in [1.54, 1.807) is 21.0 Å². The van der Waals surface area contributed by atoms with Gasteiger partial charge in [0.1, 0.15) is 5.75 Å². The molecule has 0 bridgehead atoms. The highest BCUT2D eigenvalue weighted by molar-refractivity contribution is 5.26. The molecular formula is C21H32O4. The zero-order chi connectivity index (χ0) is 18.5. The van der Waals surface area contributed by atoms with Crippen molar-refractivity contribution < 1.29 is 19.3 Å². The summed E-state index contributed by atoms with van der Waals surface area (Å²) in [5.41, 5.74) is 1.12. The van der Waals surface area contributed by atoms with E-state index in [2.05, 4.69) is 18.8 Å². The Morgan fingerprint density at radius 2 is 1.76 bits per heavy atom. The van der Waals surface area contributed by atoms with E-state index < -0.39 is 5.79 Å². The summed E-state index contributed by atoms with van der Waals surface area (Å²) in [6.45, 7) is 6.66. The first-order valence-corrected chi connectivity index (χ1v) is 9.01. The molecule has 1 rings (SSSR count). The number of hydrogen-bond donors (Lipinski definition) is 1. The molecule has 140 valence electrons. The highest BCUT2D eigenvalue weighted by Gasteiger charge is 2.19. The second-order valence-corrected chi connectivity index (χ2v) is 6.52. The smallest absolute Gasteiger partial charge is 0.160 e. The number of benzene rings is 1. The maximum Gasteiger partial charge on any atom is 0.160 e. The Kier molecular flexibility index (Phi) is 10.3. The lowest BCUT2D eigenvalue weighted by Gasteiger charge is -2.25. The molecule has 25 heavy (non-hydrogen) atoms. The Bertz CT molecular complexity index is 520. The number of aliphatic hydroxyl groups is 1. The fourth-order valence-corrected chi connectivity index (χ4v) is 2.44. The molecule has 0 unspecified atom stereocenters. The van der Waals surface area contributed by atoms with Crippen molar-refractivity contribution in [3.63, 3.8) is 0 Å². The number of hydrogen-bond acceptors (Lipinski definition) is 4. The Balaban J connectivity index is 2.17. The Morgan fingerprint density at radius 3 is 2.36 bits per heavy atom. The molecule has 0 spiro atoms. The van der Waals surface area contributed by atoms with Gasteiger partial charge < -0.3 is 19.3 Å². The van der Waals surface area contributed by atoms with Crippen molar-refractivity contribution in [2.75, 3.05) is 13.7 Å². The second kappa shape index (κ2) is 11.9. The summed E-state index contributed by atoms with van der Waals surface area (Å²) in [4.78, 5) is 0. The van der Waals surface area contributed by atoms with E-state index in [9.17, 15) is 5.11 Å². The lowest BCUT2D eigenvalue weighted by Crippen LogP contribution is -2.30. The molecule has 0 amide bonds. The van der Waals surface area contributed by atoms with Crippen molar-refractivity contribution in [1.29, 1.82) is 0 Å². The van der Waals surface area contributed by atoms with Gasteiger partial charge in [-0.25, -0.2) is 0 Å². The van der Waals surface area contributed by atoms with Gasteiger partial charge in [-0.1, -0.05) is 25.5 Å². The van der Waals surface area contributed by atoms with Gasteiger partial charge in [0.2, 0.25) is 0 Å². The zero-order valence-electron chi connectivity index (χ0n) is 16.0. The fourth-order valence-electron chi connectivity index (χ4n) is 2.44. The number of ether oxygens (including phenoxy) is 3. The summed E-state index contributed by atoms with van der Waals surface area (Å²) in [6.07, 6.45) is 4.38. The molecule has 0 aromatic heterocycles. The van der Waals surface area contributed by atoms with Gasteiger partial charge in [-0.3, -0.25) is 0 Å². The molecule has 0 heterocycles. The van der Waals surface area contributed by atoms with E-state index in [0.29, 0.717) is 13.2 Å². The van der Waals surface area contributed by atoms with Gasteiger partial charge >= 0.3 is 0 Å². The van der Waals surface area contributed by atoms with Gasteiger partial charge in [0.15, 0.2) is 5.79 Å². The fraction of sp³-hybridized carbons (Fsp3) is 0.619. The van der Waals surface area contributed by atoms with Crippen molar-refractivity contribution in [3.8, 4) is 17.6 Å². The summed E-state index contributed by atoms with van der Waals surface area (Å²) in [6, 6.07) is 7.87. The first kappa shape index (κ1) is 21.5. The van der Waals surface area contributed by atoms with Gasteiger partial charge in [0.25, 0.3) is 0 Å². The zero-order valence-corrected chi connectivity index (χ0v) is 16.0. The normalized spacial score (nSPS) is 12.4. The molecule has 0 aliphatic heterocycles. The molecule has 1 aromatic rings. The van der Waals surface area contributed by atoms with Gasteiger partial charge in [-0.15, -0.1) is 11.8 Å². The molecule has 1 atom stereocenters. The van der Waals surface area contributed by atoms with Gasteiger partial charge in [-0.05, 0) is 44.4 Å². The second-order valence-electron chi connectivity index (χ2n) is 6.52. The van der Waals surface area contributed by atoms with E-state index in [0.717, 1.165) is 43.4 Å². The topological polar surface area (TPSA) is 47.9 Å². The van der Waals surface area contributed by atoms with Crippen LogP contribution in [0.3, 0.4) is 0 Å². The molecule has 1 aromatic carbocycles. The van der Waals surface area contributed by atoms with E-state index in [-0.39, 0.29) is 6.10 Å². The third-order valence-corrected chi connectivity index (χ3v) is 3.58. The highest BCUT2D eigenvalue weighted by Crippen LogP contribution is 2.16. The van der Waals surface area contributed by atoms with Crippen molar-refractivity contribution in [2.45, 2.75) is 71.4 Å². The molecule has 4 heteroatoms. The van der Waals surface area contributed by atoms with Crippen LogP contribution in [0.2, 0.25) is 0 Å². The van der Waals surface area contributed by atoms with Gasteiger partial charge in [-0.2, -0.15) is 0 Å². The van der Waals surface area contributed by atoms with E-state index >= 15 is 0 Å². The van der Waals surface area contributed by atoms with E-state index in [1.807, 2.05) is 24.3 Å². The third kappa shape index (κ3) is 10.8. The van der Waals surface area contributed by atoms with Crippen LogP contribution >= 0.6 is 0 Å². The Morgan fingerprint density at radius 1 is 1.08 bits per heavy atom. The molecule has 0 fully saturated rings. The van der Waals surface area contributed by atoms with Crippen LogP contribution in [0.1, 0.15) is 58.4 Å². The standard InChI is InChI=1S/C21H32O4/c1-5-10-20(25-21(2,3)22)11-8-6-7-9-16-24-17-18-12-14-19(23-4)15-13-18/h12-15,20,22H,5,8-11,16-17H2,1-4H3/t20-/m0/s1. The van der Waals surface area contributed by atoms with Crippen molar-refractivity contribution >= 4 is 0 Å². The van der Waals surface area contributed by atoms with Crippen LogP contribution in [0, 0.1) is 11.8 Å². The summed E-state index contributed by atoms with van der Waals surface area (Å²) >= 11 is 0. The molecule has 0 radical (unpaired) electrons. The first-order chi connectivity index (χ1) is 11.9. The van der Waals surface area contributed by atoms with Crippen LogP contribution in [0.5, 0.6) is 5.75 Å². The van der Waals surface area contributed by atoms with Crippen LogP contribution in [0.4, 0.5) is 0 Å². The molecule has 0 aliphatic carbocycles. The Labute approximate surface area is 152 Å². The van der Waals surface area contributed by atoms with Gasteiger partial charge in [0, 0.05) is 12.8 Å². The minimum Gasteiger partial charge on any atom is -0.497 e. The predicted octanol–water partition coefficient (Wildman–Crippen LogP) is 4.30. The maximum atomic E-state index is 9.76. The number of methoxy groups -OCH3 is 1. The molecule has 0 saturated carbocycles. The minimum atomic E-state index is -1.08. The lowest BCUT2D eigenvalue weighted by atomic mass is 10.1. The SMILES string of the molecule is CCC[C@@H](CCC#CCCOCc1ccc(OC)cc1)OC(C)(C)O. The lowest BCUT2D eigenvalue weighted by molar-refractivity contribution is -0.207. The molecule has 4 nitrogen and oxygen atoms in total. The van der Waals surface area contributed by atoms with Crippen LogP contribution in [0.25, 0.3) is 0 Å². The minimum absolute atomic E-state index is 0.0608. The quantitative estimate of drug-likeness (QED) is 0.368. The van der Waals surface area contributed by atoms with Crippen molar-refractivity contribution in [2.24, 2.45) is 0 Å². The summed E-state index contributed by atoms with van der Waals surface area (Å²) in [7, 11) is 1.66. The van der Waals surface area contributed by atoms with Crippen molar-refractivity contribution in [3.05, 3.63) is 29.8 Å². The first-order valence-electron chi connectivity index (χ1n) is 9.01. The highest BCUT2D eigenvalue weighted by atomic mass is 16.6. The summed E-state index contributed by atoms with van der Waals surface area (Å²) in [5.74, 6) is 6.07. The van der Waals surface area contributed by atoms with Gasteiger partial charge in [0.05, 0.1) is 26.4 Å². The van der Waals surface area contributed by atoms with Crippen molar-refractivity contribution in [1.82, 2.24) is 0 Å². The molecular weight excluding hydrogens is 316 g/mol. The van der Waals surface area contributed by atoms with Crippen LogP contribution in [-0.2, 0) is 16.1 Å². The summed E-state index contributed by atoms with van der Waals surface area (Å²) < 4.78 is 16.4. The molecule has 1 N–H and O–H groups in total. The van der Waals surface area contributed by atoms with E-state index in [1.165, 1.54) is 0 Å². The number of rotatable bonds is 11. The monoisotopic (exact) mass is 348 g/mol. The van der Waals surface area contributed by atoms with Crippen LogP contribution in [-0.4, -0.2) is 30.7 Å². The molecule has 0 aliphatic rings. The summed E-state index contributed by atoms with van der Waals surface area (Å²) in [5, 5.41) is 9.76. The average molecular weight is 348 g/mol. The maximum absolute atomic E-state index is 9.76. The van der Waals surface area contributed by atoms with E-state index in [4.69, 9.17) is 14.2 Å². The predicted molar refractivity (Wildman–Crippen MR) is 100 cm³/mol. The molecule has 0 saturated heterocycles. The van der Waals surface area contributed by atoms with Crippen LogP contribution in [0.15, 0.2) is 24.3 Å².